The molecule has 2 rings (SSSR count). The number of carbonyl (C=O) groups excluding carboxylic acids is 1. The number of nitrogens with zero attached hydrogens (tertiary/aromatic N) is 1. The van der Waals surface area contributed by atoms with Crippen molar-refractivity contribution in [3.05, 3.63) is 59.5 Å². The fraction of sp³-hybridized carbons (Fsp3) is 0.316. The van der Waals surface area contributed by atoms with Crippen LogP contribution in [0.25, 0.3) is 10.6 Å². The van der Waals surface area contributed by atoms with Crippen molar-refractivity contribution in [1.82, 2.24) is 4.98 Å². The molecule has 0 fully saturated rings. The van der Waals surface area contributed by atoms with Crippen molar-refractivity contribution in [2.24, 2.45) is 5.73 Å². The van der Waals surface area contributed by atoms with Crippen molar-refractivity contribution in [2.75, 3.05) is 6.61 Å². The predicted molar refractivity (Wildman–Crippen MR) is 102 cm³/mol. The Labute approximate surface area is 157 Å². The molecule has 140 valence electrons. The largest absolute Gasteiger partial charge is 0.458 e. The molecule has 0 unspecified atom stereocenters. The van der Waals surface area contributed by atoms with Crippen molar-refractivity contribution in [3.63, 3.8) is 0 Å². The molecule has 0 spiro atoms. The second kappa shape index (κ2) is 12.1. The molecule has 1 heterocycles. The Morgan fingerprint density at radius 3 is 2.62 bits per heavy atom. The molecule has 0 aliphatic carbocycles. The summed E-state index contributed by atoms with van der Waals surface area (Å²) in [5, 5.41) is 0.777. The van der Waals surface area contributed by atoms with E-state index in [1.54, 1.807) is 24.8 Å². The molecular weight excluding hydrogens is 355 g/mol. The normalized spacial score (nSPS) is 10.3. The van der Waals surface area contributed by atoms with Gasteiger partial charge < -0.3 is 10.5 Å². The Kier molecular flexibility index (Phi) is 10.0. The van der Waals surface area contributed by atoms with Gasteiger partial charge in [-0.05, 0) is 51.2 Å². The van der Waals surface area contributed by atoms with Gasteiger partial charge in [0.25, 0.3) is 0 Å². The van der Waals surface area contributed by atoms with Gasteiger partial charge in [-0.15, -0.1) is 11.3 Å². The van der Waals surface area contributed by atoms with Gasteiger partial charge in [0.15, 0.2) is 6.61 Å². The highest BCUT2D eigenvalue weighted by Crippen LogP contribution is 2.28. The lowest BCUT2D eigenvalue weighted by molar-refractivity contribution is -0.149. The molecule has 1 aromatic heterocycles. The average molecular weight is 379 g/mol. The molecule has 0 atom stereocenters. The van der Waals surface area contributed by atoms with Crippen LogP contribution in [0.2, 0.25) is 0 Å². The van der Waals surface area contributed by atoms with Gasteiger partial charge in [0, 0.05) is 5.56 Å². The number of nitrogens with two attached hydrogens (primary N) is 1. The first kappa shape index (κ1) is 21.7. The van der Waals surface area contributed by atoms with E-state index in [0.717, 1.165) is 27.6 Å². The van der Waals surface area contributed by atoms with E-state index in [9.17, 15) is 9.18 Å². The van der Waals surface area contributed by atoms with Crippen LogP contribution in [0, 0.1) is 19.3 Å². The van der Waals surface area contributed by atoms with Gasteiger partial charge in [-0.2, -0.15) is 4.74 Å². The number of hydrogen-bond acceptors (Lipinski definition) is 6. The van der Waals surface area contributed by atoms with E-state index in [2.05, 4.69) is 4.98 Å². The van der Waals surface area contributed by atoms with Crippen LogP contribution < -0.4 is 5.73 Å². The maximum atomic E-state index is 12.9. The van der Waals surface area contributed by atoms with Crippen LogP contribution in [0.1, 0.15) is 30.8 Å². The van der Waals surface area contributed by atoms with Gasteiger partial charge in [0.2, 0.25) is 6.61 Å². The molecule has 0 saturated heterocycles. The number of aryl methyl sites for hydroxylation is 1. The molecule has 0 saturated carbocycles. The molecule has 5 nitrogen and oxygen atoms in total. The zero-order valence-corrected chi connectivity index (χ0v) is 16.0. The summed E-state index contributed by atoms with van der Waals surface area (Å²) in [4.78, 5) is 16.8. The van der Waals surface area contributed by atoms with Crippen LogP contribution in [0.4, 0.5) is 4.39 Å². The van der Waals surface area contributed by atoms with E-state index in [1.165, 1.54) is 29.7 Å². The van der Waals surface area contributed by atoms with E-state index in [0.29, 0.717) is 0 Å². The van der Waals surface area contributed by atoms with E-state index in [-0.39, 0.29) is 19.0 Å². The number of benzene rings is 1. The van der Waals surface area contributed by atoms with Crippen molar-refractivity contribution in [1.29, 1.82) is 0 Å². The van der Waals surface area contributed by atoms with E-state index >= 15 is 0 Å². The van der Waals surface area contributed by atoms with Gasteiger partial charge in [-0.3, -0.25) is 0 Å². The molecule has 0 amide bonds. The Balaban J connectivity index is 0.000000765. The highest BCUT2D eigenvalue weighted by atomic mass is 32.1. The number of rotatable bonds is 7. The first-order chi connectivity index (χ1) is 12.5. The molecule has 2 aromatic rings. The summed E-state index contributed by atoms with van der Waals surface area (Å²) >= 11 is 1.43. The minimum absolute atomic E-state index is 0.0868. The van der Waals surface area contributed by atoms with Crippen LogP contribution in [0.3, 0.4) is 0 Å². The summed E-state index contributed by atoms with van der Waals surface area (Å²) in [5.74, 6) is -0.698. The van der Waals surface area contributed by atoms with Gasteiger partial charge in [0.1, 0.15) is 23.9 Å². The number of allylic oxidation sites excluding steroid dienone is 1. The smallest absolute Gasteiger partial charge is 0.337 e. The highest BCUT2D eigenvalue weighted by molar-refractivity contribution is 7.15. The Morgan fingerprint density at radius 1 is 1.38 bits per heavy atom. The second-order valence-electron chi connectivity index (χ2n) is 5.11. The molecule has 0 aliphatic rings. The molecule has 0 bridgehead atoms. The minimum atomic E-state index is -0.416. The molecule has 7 heteroatoms. The summed E-state index contributed by atoms with van der Waals surface area (Å²) in [6.45, 7) is 7.29. The third-order valence-electron chi connectivity index (χ3n) is 3.03. The quantitative estimate of drug-likeness (QED) is 0.439. The maximum Gasteiger partial charge on any atom is 0.337 e. The van der Waals surface area contributed by atoms with Crippen molar-refractivity contribution in [2.45, 2.75) is 33.8 Å². The van der Waals surface area contributed by atoms with Crippen LogP contribution in [-0.2, 0) is 20.9 Å². The number of esters is 1. The van der Waals surface area contributed by atoms with E-state index < -0.39 is 5.97 Å². The molecule has 1 aromatic carbocycles. The number of thiazole rings is 1. The highest BCUT2D eigenvalue weighted by Gasteiger charge is 2.13. The standard InChI is InChI=1S/C16H17FNO3S.C3H7N/c1-3-8-20-10-15(19)21-9-14-11(2)18-16(22-14)12-4-6-13(17)7-5-12;1-2-3-4/h4-8H,3,9-10H2,1-2H3;2-3H,4H2,1H3/q+1;/b;3-2-. The van der Waals surface area contributed by atoms with Crippen molar-refractivity contribution < 1.29 is 18.7 Å². The van der Waals surface area contributed by atoms with E-state index in [1.807, 2.05) is 20.8 Å². The lowest BCUT2D eigenvalue weighted by Crippen LogP contribution is -2.11. The molecule has 26 heavy (non-hydrogen) atoms. The lowest BCUT2D eigenvalue weighted by atomic mass is 10.2. The summed E-state index contributed by atoms with van der Waals surface area (Å²) in [6.07, 6.45) is 4.02. The summed E-state index contributed by atoms with van der Waals surface area (Å²) in [7, 11) is 0. The Morgan fingerprint density at radius 2 is 2.04 bits per heavy atom. The van der Waals surface area contributed by atoms with Crippen LogP contribution in [0.15, 0.2) is 36.5 Å². The first-order valence-electron chi connectivity index (χ1n) is 8.15. The lowest BCUT2D eigenvalue weighted by Gasteiger charge is -2.01. The molecule has 2 N–H and O–H groups in total. The molecule has 0 aliphatic heterocycles. The third kappa shape index (κ3) is 7.67. The second-order valence-corrected chi connectivity index (χ2v) is 6.19. The topological polar surface area (TPSA) is 74.4 Å². The number of ether oxygens (including phenoxy) is 2. The maximum absolute atomic E-state index is 12.9. The number of carbonyl (C=O) groups is 1. The molecular formula is C19H24FN2O3S+. The molecule has 0 radical (unpaired) electrons. The summed E-state index contributed by atoms with van der Waals surface area (Å²) < 4.78 is 23.1. The number of hydrogen-bond donors (Lipinski definition) is 1. The van der Waals surface area contributed by atoms with Crippen LogP contribution >= 0.6 is 11.3 Å². The van der Waals surface area contributed by atoms with Crippen LogP contribution in [0.5, 0.6) is 0 Å². The SMILES string of the molecule is C/C=C\N.CC[CH+]OCC(=O)OCc1sc(-c2ccc(F)cc2)nc1C. The minimum Gasteiger partial charge on any atom is -0.458 e. The fourth-order valence-corrected chi connectivity index (χ4v) is 2.69. The fourth-order valence-electron chi connectivity index (χ4n) is 1.71. The zero-order valence-electron chi connectivity index (χ0n) is 15.2. The van der Waals surface area contributed by atoms with Crippen molar-refractivity contribution >= 4 is 17.3 Å². The van der Waals surface area contributed by atoms with Crippen LogP contribution in [-0.4, -0.2) is 17.6 Å². The predicted octanol–water partition coefficient (Wildman–Crippen LogP) is 4.37. The average Bonchev–Trinajstić information content (AvgIpc) is 3.02. The Bertz CT molecular complexity index is 695. The van der Waals surface area contributed by atoms with Gasteiger partial charge in [-0.1, -0.05) is 6.08 Å². The number of aromatic nitrogens is 1. The monoisotopic (exact) mass is 379 g/mol. The van der Waals surface area contributed by atoms with Crippen molar-refractivity contribution in [3.8, 4) is 10.6 Å². The van der Waals surface area contributed by atoms with Gasteiger partial charge >= 0.3 is 5.97 Å². The Hall–Kier alpha value is -2.38. The zero-order chi connectivity index (χ0) is 19.4. The first-order valence-corrected chi connectivity index (χ1v) is 8.97. The summed E-state index contributed by atoms with van der Waals surface area (Å²) in [6, 6.07) is 6.15. The summed E-state index contributed by atoms with van der Waals surface area (Å²) in [5.41, 5.74) is 6.49. The third-order valence-corrected chi connectivity index (χ3v) is 4.21. The van der Waals surface area contributed by atoms with E-state index in [4.69, 9.17) is 15.2 Å². The van der Waals surface area contributed by atoms with Gasteiger partial charge in [0.05, 0.1) is 10.6 Å². The number of halogens is 1. The van der Waals surface area contributed by atoms with Gasteiger partial charge in [-0.25, -0.2) is 14.2 Å².